The van der Waals surface area contributed by atoms with E-state index in [1.807, 2.05) is 0 Å². The first-order chi connectivity index (χ1) is 6.24. The first kappa shape index (κ1) is 8.97. The number of primary amides is 1. The van der Waals surface area contributed by atoms with Gasteiger partial charge in [0, 0.05) is 13.1 Å². The van der Waals surface area contributed by atoms with Crippen molar-refractivity contribution in [2.75, 3.05) is 32.7 Å². The van der Waals surface area contributed by atoms with Gasteiger partial charge in [0.25, 0.3) is 0 Å². The summed E-state index contributed by atoms with van der Waals surface area (Å²) in [5.41, 5.74) is 5.18. The molecule has 0 aromatic heterocycles. The van der Waals surface area contributed by atoms with Gasteiger partial charge in [0.05, 0.1) is 6.54 Å². The minimum Gasteiger partial charge on any atom is -0.369 e. The van der Waals surface area contributed by atoms with E-state index in [4.69, 9.17) is 5.73 Å². The van der Waals surface area contributed by atoms with Gasteiger partial charge in [-0.2, -0.15) is 0 Å². The van der Waals surface area contributed by atoms with Crippen molar-refractivity contribution in [2.45, 2.75) is 6.42 Å². The van der Waals surface area contributed by atoms with Crippen LogP contribution >= 0.6 is 0 Å². The lowest BCUT2D eigenvalue weighted by molar-refractivity contribution is -0.119. The molecule has 2 saturated heterocycles. The Morgan fingerprint density at radius 3 is 2.54 bits per heavy atom. The molecule has 4 nitrogen and oxygen atoms in total. The summed E-state index contributed by atoms with van der Waals surface area (Å²) < 4.78 is 0. The number of hydrogen-bond donors (Lipinski definition) is 2. The number of piperidine rings is 2. The Kier molecular flexibility index (Phi) is 2.51. The molecule has 2 aliphatic rings. The highest BCUT2D eigenvalue weighted by atomic mass is 16.1. The molecular formula is C9H17N3O. The number of carbonyl (C=O) groups excluding carboxylic acids is 1. The molecular weight excluding hydrogens is 166 g/mol. The van der Waals surface area contributed by atoms with E-state index in [9.17, 15) is 4.79 Å². The van der Waals surface area contributed by atoms with Gasteiger partial charge in [0.15, 0.2) is 0 Å². The molecule has 0 aliphatic carbocycles. The minimum absolute atomic E-state index is 0.201. The number of nitrogens with two attached hydrogens (primary N) is 1. The number of carbonyl (C=O) groups is 1. The molecule has 2 rings (SSSR count). The van der Waals surface area contributed by atoms with Gasteiger partial charge in [-0.1, -0.05) is 0 Å². The summed E-state index contributed by atoms with van der Waals surface area (Å²) in [5, 5.41) is 3.42. The predicted octanol–water partition coefficient (Wildman–Crippen LogP) is -0.987. The van der Waals surface area contributed by atoms with E-state index in [2.05, 4.69) is 10.2 Å². The zero-order valence-electron chi connectivity index (χ0n) is 7.83. The fourth-order valence-electron chi connectivity index (χ4n) is 2.56. The van der Waals surface area contributed by atoms with E-state index in [1.54, 1.807) is 0 Å². The Morgan fingerprint density at radius 2 is 2.00 bits per heavy atom. The maximum Gasteiger partial charge on any atom is 0.231 e. The Bertz CT molecular complexity index is 195. The van der Waals surface area contributed by atoms with Crippen molar-refractivity contribution in [1.82, 2.24) is 10.2 Å². The molecule has 2 bridgehead atoms. The maximum atomic E-state index is 10.8. The second-order valence-electron chi connectivity index (χ2n) is 4.29. The third kappa shape index (κ3) is 2.19. The molecule has 2 atom stereocenters. The molecule has 0 radical (unpaired) electrons. The summed E-state index contributed by atoms with van der Waals surface area (Å²) in [6.07, 6.45) is 1.32. The second-order valence-corrected chi connectivity index (χ2v) is 4.29. The highest BCUT2D eigenvalue weighted by Crippen LogP contribution is 2.23. The molecule has 2 unspecified atom stereocenters. The summed E-state index contributed by atoms with van der Waals surface area (Å²) in [4.78, 5) is 12.9. The first-order valence-corrected chi connectivity index (χ1v) is 4.95. The van der Waals surface area contributed by atoms with Crippen molar-refractivity contribution in [3.8, 4) is 0 Å². The van der Waals surface area contributed by atoms with Crippen LogP contribution in [0.15, 0.2) is 0 Å². The van der Waals surface area contributed by atoms with Crippen LogP contribution < -0.4 is 11.1 Å². The topological polar surface area (TPSA) is 58.4 Å². The average Bonchev–Trinajstić information content (AvgIpc) is 2.01. The van der Waals surface area contributed by atoms with E-state index in [-0.39, 0.29) is 5.91 Å². The van der Waals surface area contributed by atoms with Crippen molar-refractivity contribution >= 4 is 5.91 Å². The summed E-state index contributed by atoms with van der Waals surface area (Å²) in [6, 6.07) is 0. The lowest BCUT2D eigenvalue weighted by atomic mass is 9.86. The molecule has 13 heavy (non-hydrogen) atoms. The van der Waals surface area contributed by atoms with E-state index in [0.29, 0.717) is 6.54 Å². The molecule has 3 N–H and O–H groups in total. The van der Waals surface area contributed by atoms with Crippen molar-refractivity contribution in [3.05, 3.63) is 0 Å². The molecule has 0 saturated carbocycles. The van der Waals surface area contributed by atoms with Crippen molar-refractivity contribution < 1.29 is 4.79 Å². The summed E-state index contributed by atoms with van der Waals surface area (Å²) >= 11 is 0. The van der Waals surface area contributed by atoms with Gasteiger partial charge < -0.3 is 11.1 Å². The Hall–Kier alpha value is -0.610. The number of likely N-dealkylation sites (tertiary alicyclic amines) is 1. The number of amides is 1. The highest BCUT2D eigenvalue weighted by molar-refractivity contribution is 5.75. The van der Waals surface area contributed by atoms with Crippen molar-refractivity contribution in [1.29, 1.82) is 0 Å². The smallest absolute Gasteiger partial charge is 0.231 e. The Labute approximate surface area is 78.5 Å². The monoisotopic (exact) mass is 183 g/mol. The molecule has 2 aliphatic heterocycles. The molecule has 74 valence electrons. The molecule has 2 fully saturated rings. The van der Waals surface area contributed by atoms with Gasteiger partial charge in [0.1, 0.15) is 0 Å². The molecule has 0 spiro atoms. The predicted molar refractivity (Wildman–Crippen MR) is 50.1 cm³/mol. The summed E-state index contributed by atoms with van der Waals surface area (Å²) in [5.74, 6) is 1.26. The van der Waals surface area contributed by atoms with Crippen LogP contribution in [0.2, 0.25) is 0 Å². The van der Waals surface area contributed by atoms with Crippen LogP contribution in [0, 0.1) is 11.8 Å². The van der Waals surface area contributed by atoms with Crippen LogP contribution in [0.25, 0.3) is 0 Å². The van der Waals surface area contributed by atoms with Crippen LogP contribution in [-0.4, -0.2) is 43.5 Å². The number of rotatable bonds is 2. The quantitative estimate of drug-likeness (QED) is 0.578. The average molecular weight is 183 g/mol. The standard InChI is InChI=1S/C9H17N3O/c10-9(13)6-12-4-7-1-8(5-12)3-11-2-7/h7-8,11H,1-6H2,(H2,10,13). The van der Waals surface area contributed by atoms with Crippen LogP contribution in [0.4, 0.5) is 0 Å². The number of hydrogen-bond acceptors (Lipinski definition) is 3. The van der Waals surface area contributed by atoms with Crippen molar-refractivity contribution in [2.24, 2.45) is 17.6 Å². The highest BCUT2D eigenvalue weighted by Gasteiger charge is 2.30. The fourth-order valence-corrected chi connectivity index (χ4v) is 2.56. The normalized spacial score (nSPS) is 34.5. The van der Waals surface area contributed by atoms with E-state index < -0.39 is 0 Å². The van der Waals surface area contributed by atoms with Gasteiger partial charge in [-0.15, -0.1) is 0 Å². The zero-order valence-corrected chi connectivity index (χ0v) is 7.83. The summed E-state index contributed by atoms with van der Waals surface area (Å²) in [6.45, 7) is 4.71. The lowest BCUT2D eigenvalue weighted by Crippen LogP contribution is -2.52. The molecule has 1 amide bonds. The molecule has 0 aromatic carbocycles. The number of nitrogens with one attached hydrogen (secondary N) is 1. The minimum atomic E-state index is -0.201. The van der Waals surface area contributed by atoms with Crippen LogP contribution in [0.5, 0.6) is 0 Å². The van der Waals surface area contributed by atoms with Gasteiger partial charge >= 0.3 is 0 Å². The number of nitrogens with zero attached hydrogens (tertiary/aromatic N) is 1. The maximum absolute atomic E-state index is 10.8. The molecule has 4 heteroatoms. The molecule has 2 heterocycles. The van der Waals surface area contributed by atoms with Gasteiger partial charge in [-0.05, 0) is 31.3 Å². The van der Waals surface area contributed by atoms with E-state index >= 15 is 0 Å². The van der Waals surface area contributed by atoms with Crippen LogP contribution in [-0.2, 0) is 4.79 Å². The Balaban J connectivity index is 1.90. The largest absolute Gasteiger partial charge is 0.369 e. The van der Waals surface area contributed by atoms with Gasteiger partial charge in [-0.3, -0.25) is 9.69 Å². The van der Waals surface area contributed by atoms with Gasteiger partial charge in [0.2, 0.25) is 5.91 Å². The zero-order chi connectivity index (χ0) is 9.26. The van der Waals surface area contributed by atoms with Crippen LogP contribution in [0.1, 0.15) is 6.42 Å². The van der Waals surface area contributed by atoms with E-state index in [0.717, 1.165) is 38.0 Å². The van der Waals surface area contributed by atoms with Gasteiger partial charge in [-0.25, -0.2) is 0 Å². The lowest BCUT2D eigenvalue weighted by Gasteiger charge is -2.41. The number of fused-ring (bicyclic) bond motifs is 2. The SMILES string of the molecule is NC(=O)CN1CC2CNCC(C2)C1. The van der Waals surface area contributed by atoms with E-state index in [1.165, 1.54) is 6.42 Å². The third-order valence-corrected chi connectivity index (χ3v) is 2.94. The van der Waals surface area contributed by atoms with Crippen molar-refractivity contribution in [3.63, 3.8) is 0 Å². The summed E-state index contributed by atoms with van der Waals surface area (Å²) in [7, 11) is 0. The third-order valence-electron chi connectivity index (χ3n) is 2.94. The second kappa shape index (κ2) is 3.64. The fraction of sp³-hybridized carbons (Fsp3) is 0.889. The van der Waals surface area contributed by atoms with Crippen LogP contribution in [0.3, 0.4) is 0 Å². The molecule has 0 aromatic rings. The Morgan fingerprint density at radius 1 is 1.38 bits per heavy atom. The first-order valence-electron chi connectivity index (χ1n) is 4.95.